The molecular weight excluding hydrogens is 92.1 g/mol. The minimum atomic E-state index is -0.722. The molecule has 0 bridgehead atoms. The number of hydrogen-bond donors (Lipinski definition) is 2. The van der Waals surface area contributed by atoms with Gasteiger partial charge in [-0.3, -0.25) is 0 Å². The normalized spacial score (nSPS) is 39.7. The fourth-order valence-electron chi connectivity index (χ4n) is 0.450. The first-order valence-corrected chi connectivity index (χ1v) is 2.09. The summed E-state index contributed by atoms with van der Waals surface area (Å²) in [4.78, 5) is 0. The quantitative estimate of drug-likeness (QED) is 0.420. The Morgan fingerprint density at radius 1 is 1.29 bits per heavy atom. The Morgan fingerprint density at radius 3 is 2.14 bits per heavy atom. The third kappa shape index (κ3) is 0.813. The molecule has 38 valence electrons. The van der Waals surface area contributed by atoms with Crippen molar-refractivity contribution in [1.82, 2.24) is 0 Å². The summed E-state index contributed by atoms with van der Waals surface area (Å²) in [5, 5.41) is 17.2. The molecule has 2 heteroatoms. The van der Waals surface area contributed by atoms with Crippen LogP contribution in [-0.2, 0) is 0 Å². The molecule has 1 rings (SSSR count). The minimum Gasteiger partial charge on any atom is -0.389 e. The molecule has 0 aromatic carbocycles. The van der Waals surface area contributed by atoms with E-state index in [1.807, 2.05) is 0 Å². The van der Waals surface area contributed by atoms with Crippen LogP contribution in [-0.4, -0.2) is 22.4 Å². The van der Waals surface area contributed by atoms with Gasteiger partial charge in [-0.25, -0.2) is 0 Å². The van der Waals surface area contributed by atoms with Crippen LogP contribution in [0.2, 0.25) is 0 Å². The standard InChI is InChI=1S/C5H6O2/c6-4-2-1-3-5(4)7/h2-7H. The van der Waals surface area contributed by atoms with Crippen LogP contribution < -0.4 is 0 Å². The van der Waals surface area contributed by atoms with Crippen molar-refractivity contribution in [3.05, 3.63) is 18.6 Å². The molecule has 0 heterocycles. The SMILES string of the molecule is OC1[CH][C]=CC1O. The van der Waals surface area contributed by atoms with E-state index < -0.39 is 12.2 Å². The molecule has 2 radical (unpaired) electrons. The molecule has 2 unspecified atom stereocenters. The molecule has 0 aromatic rings. The van der Waals surface area contributed by atoms with Gasteiger partial charge in [0, 0.05) is 6.42 Å². The lowest BCUT2D eigenvalue weighted by Crippen LogP contribution is -2.18. The zero-order valence-corrected chi connectivity index (χ0v) is 3.70. The number of aliphatic hydroxyl groups excluding tert-OH is 2. The predicted octanol–water partition coefficient (Wildman–Crippen LogP) is -0.715. The summed E-state index contributed by atoms with van der Waals surface area (Å²) in [6, 6.07) is 0. The van der Waals surface area contributed by atoms with Gasteiger partial charge in [0.1, 0.15) is 0 Å². The largest absolute Gasteiger partial charge is 0.389 e. The maximum absolute atomic E-state index is 8.60. The summed E-state index contributed by atoms with van der Waals surface area (Å²) in [5.41, 5.74) is 0. The minimum absolute atomic E-state index is 0.722. The third-order valence-electron chi connectivity index (χ3n) is 0.884. The van der Waals surface area contributed by atoms with Crippen LogP contribution in [0.25, 0.3) is 0 Å². The molecule has 0 aliphatic heterocycles. The third-order valence-corrected chi connectivity index (χ3v) is 0.884. The van der Waals surface area contributed by atoms with Crippen molar-refractivity contribution in [3.63, 3.8) is 0 Å². The Bertz CT molecular complexity index is 88.1. The highest BCUT2D eigenvalue weighted by atomic mass is 16.3. The second-order valence-electron chi connectivity index (χ2n) is 1.48. The van der Waals surface area contributed by atoms with Crippen LogP contribution in [0.1, 0.15) is 0 Å². The van der Waals surface area contributed by atoms with Gasteiger partial charge in [-0.05, 0) is 12.2 Å². The first-order valence-electron chi connectivity index (χ1n) is 2.09. The Kier molecular flexibility index (Phi) is 1.13. The van der Waals surface area contributed by atoms with Gasteiger partial charge in [0.15, 0.2) is 0 Å². The van der Waals surface area contributed by atoms with Gasteiger partial charge in [0.25, 0.3) is 0 Å². The summed E-state index contributed by atoms with van der Waals surface area (Å²) in [6.07, 6.45) is 3.97. The molecule has 2 N–H and O–H groups in total. The molecule has 7 heavy (non-hydrogen) atoms. The molecule has 0 aromatic heterocycles. The monoisotopic (exact) mass is 98.0 g/mol. The van der Waals surface area contributed by atoms with Crippen molar-refractivity contribution in [2.45, 2.75) is 12.2 Å². The van der Waals surface area contributed by atoms with Crippen LogP contribution in [0, 0.1) is 12.5 Å². The highest BCUT2D eigenvalue weighted by molar-refractivity contribution is 5.08. The van der Waals surface area contributed by atoms with E-state index in [1.54, 1.807) is 0 Å². The van der Waals surface area contributed by atoms with E-state index in [0.29, 0.717) is 0 Å². The van der Waals surface area contributed by atoms with E-state index in [-0.39, 0.29) is 0 Å². The van der Waals surface area contributed by atoms with E-state index in [0.717, 1.165) is 0 Å². The number of rotatable bonds is 0. The highest BCUT2D eigenvalue weighted by Crippen LogP contribution is 2.06. The van der Waals surface area contributed by atoms with E-state index in [4.69, 9.17) is 10.2 Å². The van der Waals surface area contributed by atoms with Crippen molar-refractivity contribution in [3.8, 4) is 0 Å². The van der Waals surface area contributed by atoms with Crippen molar-refractivity contribution >= 4 is 0 Å². The van der Waals surface area contributed by atoms with Gasteiger partial charge < -0.3 is 10.2 Å². The van der Waals surface area contributed by atoms with Crippen LogP contribution >= 0.6 is 0 Å². The van der Waals surface area contributed by atoms with Crippen LogP contribution in [0.4, 0.5) is 0 Å². The fourth-order valence-corrected chi connectivity index (χ4v) is 0.450. The molecule has 2 nitrogen and oxygen atoms in total. The number of aliphatic hydroxyl groups is 2. The average Bonchev–Trinajstić information content (AvgIpc) is 1.91. The van der Waals surface area contributed by atoms with Crippen molar-refractivity contribution in [1.29, 1.82) is 0 Å². The molecule has 0 amide bonds. The van der Waals surface area contributed by atoms with Gasteiger partial charge in [-0.1, -0.05) is 0 Å². The summed E-state index contributed by atoms with van der Waals surface area (Å²) < 4.78 is 0. The zero-order valence-electron chi connectivity index (χ0n) is 3.70. The average molecular weight is 98.1 g/mol. The molecule has 0 spiro atoms. The highest BCUT2D eigenvalue weighted by Gasteiger charge is 2.16. The Hall–Kier alpha value is -0.340. The van der Waals surface area contributed by atoms with Gasteiger partial charge in [0.2, 0.25) is 0 Å². The lowest BCUT2D eigenvalue weighted by Gasteiger charge is -2.02. The lowest BCUT2D eigenvalue weighted by molar-refractivity contribution is 0.0806. The zero-order chi connectivity index (χ0) is 5.28. The Labute approximate surface area is 42.1 Å². The van der Waals surface area contributed by atoms with E-state index >= 15 is 0 Å². The van der Waals surface area contributed by atoms with Crippen LogP contribution in [0.3, 0.4) is 0 Å². The molecule has 1 aliphatic carbocycles. The first-order chi connectivity index (χ1) is 3.30. The molecule has 2 atom stereocenters. The van der Waals surface area contributed by atoms with Crippen molar-refractivity contribution < 1.29 is 10.2 Å². The summed E-state index contributed by atoms with van der Waals surface area (Å²) >= 11 is 0. The summed E-state index contributed by atoms with van der Waals surface area (Å²) in [7, 11) is 0. The number of hydrogen-bond acceptors (Lipinski definition) is 2. The topological polar surface area (TPSA) is 40.5 Å². The van der Waals surface area contributed by atoms with E-state index in [1.165, 1.54) is 12.5 Å². The Morgan fingerprint density at radius 2 is 2.00 bits per heavy atom. The van der Waals surface area contributed by atoms with Crippen molar-refractivity contribution in [2.24, 2.45) is 0 Å². The maximum Gasteiger partial charge on any atom is 0.0992 e. The maximum atomic E-state index is 8.60. The second-order valence-corrected chi connectivity index (χ2v) is 1.48. The first kappa shape index (κ1) is 4.81. The molecule has 0 fully saturated rings. The fraction of sp³-hybridized carbons (Fsp3) is 0.400. The lowest BCUT2D eigenvalue weighted by atomic mass is 10.2. The molecular formula is C5H6O2. The van der Waals surface area contributed by atoms with Crippen molar-refractivity contribution in [2.75, 3.05) is 0 Å². The summed E-state index contributed by atoms with van der Waals surface area (Å²) in [5.74, 6) is 0. The predicted molar refractivity (Wildman–Crippen MR) is 24.1 cm³/mol. The van der Waals surface area contributed by atoms with E-state index in [2.05, 4.69) is 6.08 Å². The van der Waals surface area contributed by atoms with Gasteiger partial charge >= 0.3 is 0 Å². The summed E-state index contributed by atoms with van der Waals surface area (Å²) in [6.45, 7) is 0. The smallest absolute Gasteiger partial charge is 0.0992 e. The molecule has 0 saturated carbocycles. The van der Waals surface area contributed by atoms with Crippen LogP contribution in [0.15, 0.2) is 6.08 Å². The molecule has 0 saturated heterocycles. The van der Waals surface area contributed by atoms with E-state index in [9.17, 15) is 0 Å². The van der Waals surface area contributed by atoms with Gasteiger partial charge in [-0.15, -0.1) is 0 Å². The van der Waals surface area contributed by atoms with Gasteiger partial charge in [-0.2, -0.15) is 0 Å². The second kappa shape index (κ2) is 1.64. The molecule has 1 aliphatic rings. The van der Waals surface area contributed by atoms with Crippen LogP contribution in [0.5, 0.6) is 0 Å². The van der Waals surface area contributed by atoms with Gasteiger partial charge in [0.05, 0.1) is 12.2 Å². The Balaban J connectivity index is 2.45.